The first-order valence-corrected chi connectivity index (χ1v) is 5.98. The van der Waals surface area contributed by atoms with E-state index in [9.17, 15) is 9.59 Å². The number of ether oxygens (including phenoxy) is 1. The summed E-state index contributed by atoms with van der Waals surface area (Å²) >= 11 is 0. The second-order valence-electron chi connectivity index (χ2n) is 5.35. The van der Waals surface area contributed by atoms with Gasteiger partial charge in [-0.2, -0.15) is 0 Å². The van der Waals surface area contributed by atoms with Crippen molar-refractivity contribution in [3.63, 3.8) is 0 Å². The SMILES string of the molecule is CC(=O)/C=C/[C@@H]1CCCN1C(=O)OC(C)(C)C. The van der Waals surface area contributed by atoms with E-state index >= 15 is 0 Å². The Kier molecular flexibility index (Phi) is 4.32. The van der Waals surface area contributed by atoms with E-state index in [4.69, 9.17) is 4.74 Å². The van der Waals surface area contributed by atoms with Crippen LogP contribution in [0.5, 0.6) is 0 Å². The van der Waals surface area contributed by atoms with Crippen LogP contribution in [0.3, 0.4) is 0 Å². The Hall–Kier alpha value is -1.32. The number of amides is 1. The van der Waals surface area contributed by atoms with Gasteiger partial charge in [0.25, 0.3) is 0 Å². The molecule has 1 aliphatic heterocycles. The number of carbonyl (C=O) groups excluding carboxylic acids is 2. The van der Waals surface area contributed by atoms with Crippen LogP contribution < -0.4 is 0 Å². The minimum atomic E-state index is -0.478. The summed E-state index contributed by atoms with van der Waals surface area (Å²) in [5.41, 5.74) is -0.478. The third-order valence-corrected chi connectivity index (χ3v) is 2.48. The number of ketones is 1. The van der Waals surface area contributed by atoms with Crippen molar-refractivity contribution >= 4 is 11.9 Å². The Labute approximate surface area is 103 Å². The van der Waals surface area contributed by atoms with Gasteiger partial charge >= 0.3 is 6.09 Å². The van der Waals surface area contributed by atoms with Crippen LogP contribution in [0.4, 0.5) is 4.79 Å². The van der Waals surface area contributed by atoms with Crippen LogP contribution in [-0.4, -0.2) is 35.0 Å². The van der Waals surface area contributed by atoms with Gasteiger partial charge < -0.3 is 9.64 Å². The highest BCUT2D eigenvalue weighted by Gasteiger charge is 2.30. The molecule has 1 atom stereocenters. The normalized spacial score (nSPS) is 20.9. The number of allylic oxidation sites excluding steroid dienone is 1. The summed E-state index contributed by atoms with van der Waals surface area (Å²) in [6.07, 6.45) is 4.86. The molecule has 1 rings (SSSR count). The van der Waals surface area contributed by atoms with E-state index in [1.165, 1.54) is 13.0 Å². The molecule has 1 aliphatic rings. The van der Waals surface area contributed by atoms with Crippen LogP contribution in [0, 0.1) is 0 Å². The zero-order valence-electron chi connectivity index (χ0n) is 11.0. The lowest BCUT2D eigenvalue weighted by Crippen LogP contribution is -2.39. The molecule has 0 aliphatic carbocycles. The third kappa shape index (κ3) is 4.59. The second kappa shape index (κ2) is 5.34. The summed E-state index contributed by atoms with van der Waals surface area (Å²) < 4.78 is 5.33. The highest BCUT2D eigenvalue weighted by Crippen LogP contribution is 2.21. The molecular formula is C13H21NO3. The summed E-state index contributed by atoms with van der Waals surface area (Å²) in [6, 6.07) is -0.00579. The lowest BCUT2D eigenvalue weighted by Gasteiger charge is -2.27. The van der Waals surface area contributed by atoms with Gasteiger partial charge in [0.15, 0.2) is 5.78 Å². The number of hydrogen-bond acceptors (Lipinski definition) is 3. The Bertz CT molecular complexity index is 328. The van der Waals surface area contributed by atoms with Crippen LogP contribution >= 0.6 is 0 Å². The maximum atomic E-state index is 11.9. The predicted octanol–water partition coefficient (Wildman–Crippen LogP) is 2.53. The van der Waals surface area contributed by atoms with E-state index in [1.807, 2.05) is 20.8 Å². The highest BCUT2D eigenvalue weighted by atomic mass is 16.6. The third-order valence-electron chi connectivity index (χ3n) is 2.48. The first kappa shape index (κ1) is 13.7. The lowest BCUT2D eigenvalue weighted by atomic mass is 10.2. The standard InChI is InChI=1S/C13H21NO3/c1-10(15)7-8-11-6-5-9-14(11)12(16)17-13(2,3)4/h7-8,11H,5-6,9H2,1-4H3/b8-7+/t11-/m0/s1. The fourth-order valence-corrected chi connectivity index (χ4v) is 1.79. The van der Waals surface area contributed by atoms with Gasteiger partial charge in [0.2, 0.25) is 0 Å². The number of likely N-dealkylation sites (tertiary alicyclic amines) is 1. The molecule has 0 aromatic carbocycles. The number of rotatable bonds is 2. The molecular weight excluding hydrogens is 218 g/mol. The summed E-state index contributed by atoms with van der Waals surface area (Å²) in [6.45, 7) is 7.75. The van der Waals surface area contributed by atoms with Crippen molar-refractivity contribution in [1.29, 1.82) is 0 Å². The molecule has 0 unspecified atom stereocenters. The smallest absolute Gasteiger partial charge is 0.410 e. The Morgan fingerprint density at radius 2 is 2.00 bits per heavy atom. The van der Waals surface area contributed by atoms with E-state index in [2.05, 4.69) is 0 Å². The van der Waals surface area contributed by atoms with E-state index in [1.54, 1.807) is 11.0 Å². The first-order valence-electron chi connectivity index (χ1n) is 5.98. The van der Waals surface area contributed by atoms with Crippen molar-refractivity contribution in [3.05, 3.63) is 12.2 Å². The van der Waals surface area contributed by atoms with Crippen molar-refractivity contribution in [3.8, 4) is 0 Å². The molecule has 96 valence electrons. The molecule has 0 bridgehead atoms. The monoisotopic (exact) mass is 239 g/mol. The van der Waals surface area contributed by atoms with Gasteiger partial charge in [0, 0.05) is 6.54 Å². The zero-order chi connectivity index (χ0) is 13.1. The van der Waals surface area contributed by atoms with Gasteiger partial charge in [-0.1, -0.05) is 6.08 Å². The minimum Gasteiger partial charge on any atom is -0.444 e. The molecule has 0 N–H and O–H groups in total. The molecule has 0 radical (unpaired) electrons. The second-order valence-corrected chi connectivity index (χ2v) is 5.35. The summed E-state index contributed by atoms with van der Waals surface area (Å²) in [4.78, 5) is 24.5. The lowest BCUT2D eigenvalue weighted by molar-refractivity contribution is -0.112. The Morgan fingerprint density at radius 3 is 2.53 bits per heavy atom. The molecule has 17 heavy (non-hydrogen) atoms. The molecule has 4 heteroatoms. The summed E-state index contributed by atoms with van der Waals surface area (Å²) in [7, 11) is 0. The van der Waals surface area contributed by atoms with Crippen LogP contribution in [0.25, 0.3) is 0 Å². The van der Waals surface area contributed by atoms with Crippen LogP contribution in [0.1, 0.15) is 40.5 Å². The molecule has 1 amide bonds. The topological polar surface area (TPSA) is 46.6 Å². The van der Waals surface area contributed by atoms with Gasteiger partial charge in [0.05, 0.1) is 6.04 Å². The van der Waals surface area contributed by atoms with Gasteiger partial charge in [-0.05, 0) is 46.6 Å². The molecule has 0 aromatic heterocycles. The molecule has 1 heterocycles. The summed E-state index contributed by atoms with van der Waals surface area (Å²) in [5, 5.41) is 0. The highest BCUT2D eigenvalue weighted by molar-refractivity contribution is 5.87. The van der Waals surface area contributed by atoms with E-state index in [-0.39, 0.29) is 17.9 Å². The molecule has 1 fully saturated rings. The van der Waals surface area contributed by atoms with Crippen LogP contribution in [-0.2, 0) is 9.53 Å². The molecule has 0 aromatic rings. The summed E-state index contributed by atoms with van der Waals surface area (Å²) in [5.74, 6) is 0.000962. The van der Waals surface area contributed by atoms with E-state index < -0.39 is 5.60 Å². The van der Waals surface area contributed by atoms with Crippen LogP contribution in [0.2, 0.25) is 0 Å². The fraction of sp³-hybridized carbons (Fsp3) is 0.692. The van der Waals surface area contributed by atoms with Gasteiger partial charge in [-0.3, -0.25) is 4.79 Å². The Morgan fingerprint density at radius 1 is 1.35 bits per heavy atom. The van der Waals surface area contributed by atoms with Crippen molar-refractivity contribution in [2.24, 2.45) is 0 Å². The van der Waals surface area contributed by atoms with Gasteiger partial charge in [-0.25, -0.2) is 4.79 Å². The van der Waals surface area contributed by atoms with Gasteiger partial charge in [0.1, 0.15) is 5.60 Å². The molecule has 4 nitrogen and oxygen atoms in total. The van der Waals surface area contributed by atoms with Crippen molar-refractivity contribution < 1.29 is 14.3 Å². The number of carbonyl (C=O) groups is 2. The average molecular weight is 239 g/mol. The zero-order valence-corrected chi connectivity index (χ0v) is 11.0. The predicted molar refractivity (Wildman–Crippen MR) is 65.8 cm³/mol. The minimum absolute atomic E-state index is 0.000962. The molecule has 1 saturated heterocycles. The molecule has 0 spiro atoms. The maximum absolute atomic E-state index is 11.9. The van der Waals surface area contributed by atoms with Crippen molar-refractivity contribution in [2.75, 3.05) is 6.54 Å². The van der Waals surface area contributed by atoms with Gasteiger partial charge in [-0.15, -0.1) is 0 Å². The maximum Gasteiger partial charge on any atom is 0.410 e. The Balaban J connectivity index is 2.63. The van der Waals surface area contributed by atoms with Crippen LogP contribution in [0.15, 0.2) is 12.2 Å². The number of nitrogens with zero attached hydrogens (tertiary/aromatic N) is 1. The van der Waals surface area contributed by atoms with Crippen molar-refractivity contribution in [1.82, 2.24) is 4.90 Å². The quantitative estimate of drug-likeness (QED) is 0.696. The largest absolute Gasteiger partial charge is 0.444 e. The van der Waals surface area contributed by atoms with Crippen molar-refractivity contribution in [2.45, 2.75) is 52.2 Å². The molecule has 0 saturated carbocycles. The fourth-order valence-electron chi connectivity index (χ4n) is 1.79. The average Bonchev–Trinajstić information content (AvgIpc) is 2.59. The van der Waals surface area contributed by atoms with E-state index in [0.717, 1.165) is 12.8 Å². The number of hydrogen-bond donors (Lipinski definition) is 0. The van der Waals surface area contributed by atoms with E-state index in [0.29, 0.717) is 6.54 Å². The first-order chi connectivity index (χ1) is 7.79.